The largest absolute Gasteiger partial charge is 0.495 e. The summed E-state index contributed by atoms with van der Waals surface area (Å²) in [7, 11) is -2.44. The number of anilines is 1. The van der Waals surface area contributed by atoms with Crippen molar-refractivity contribution in [3.8, 4) is 5.75 Å². The van der Waals surface area contributed by atoms with Crippen molar-refractivity contribution >= 4 is 27.6 Å². The Morgan fingerprint density at radius 3 is 2.42 bits per heavy atom. The predicted molar refractivity (Wildman–Crippen MR) is 116 cm³/mol. The molecule has 1 fully saturated rings. The van der Waals surface area contributed by atoms with E-state index < -0.39 is 28.0 Å². The standard InChI is InChI=1S/C22H26N2O6S/c1-15-8-4-5-9-18(15)23-21(25)16(2)30-22(26)17-10-11-19(29-3)20(14-17)31(27,28)24-12-6-7-13-24/h4-5,8-11,14,16H,6-7,12-13H2,1-3H3,(H,23,25)/t16-/m0/s1. The summed E-state index contributed by atoms with van der Waals surface area (Å²) >= 11 is 0. The summed E-state index contributed by atoms with van der Waals surface area (Å²) in [6, 6.07) is 11.3. The number of benzene rings is 2. The second-order valence-electron chi connectivity index (χ2n) is 7.33. The van der Waals surface area contributed by atoms with E-state index in [-0.39, 0.29) is 16.2 Å². The molecule has 1 aliphatic heterocycles. The molecule has 31 heavy (non-hydrogen) atoms. The first kappa shape index (κ1) is 22.8. The number of carbonyl (C=O) groups excluding carboxylic acids is 2. The minimum Gasteiger partial charge on any atom is -0.495 e. The molecule has 3 rings (SSSR count). The third-order valence-corrected chi connectivity index (χ3v) is 7.06. The monoisotopic (exact) mass is 446 g/mol. The van der Waals surface area contributed by atoms with Crippen LogP contribution in [0.15, 0.2) is 47.4 Å². The highest BCUT2D eigenvalue weighted by Crippen LogP contribution is 2.30. The summed E-state index contributed by atoms with van der Waals surface area (Å²) in [6.07, 6.45) is 0.501. The number of carbonyl (C=O) groups is 2. The fraction of sp³-hybridized carbons (Fsp3) is 0.364. The maximum Gasteiger partial charge on any atom is 0.338 e. The van der Waals surface area contributed by atoms with Crippen molar-refractivity contribution in [1.82, 2.24) is 4.31 Å². The summed E-state index contributed by atoms with van der Waals surface area (Å²) in [5.74, 6) is -1.14. The first-order valence-corrected chi connectivity index (χ1v) is 11.4. The molecule has 2 aromatic rings. The van der Waals surface area contributed by atoms with Gasteiger partial charge >= 0.3 is 5.97 Å². The van der Waals surface area contributed by atoms with Crippen molar-refractivity contribution in [2.45, 2.75) is 37.7 Å². The first-order chi connectivity index (χ1) is 14.7. The van der Waals surface area contributed by atoms with Gasteiger partial charge in [0.1, 0.15) is 10.6 Å². The van der Waals surface area contributed by atoms with E-state index in [1.165, 1.54) is 36.5 Å². The van der Waals surface area contributed by atoms with Gasteiger partial charge in [0, 0.05) is 18.8 Å². The van der Waals surface area contributed by atoms with E-state index in [0.29, 0.717) is 18.8 Å². The lowest BCUT2D eigenvalue weighted by Crippen LogP contribution is -2.30. The quantitative estimate of drug-likeness (QED) is 0.656. The van der Waals surface area contributed by atoms with Gasteiger partial charge in [-0.25, -0.2) is 13.2 Å². The Morgan fingerprint density at radius 2 is 1.77 bits per heavy atom. The normalized spacial score (nSPS) is 15.3. The van der Waals surface area contributed by atoms with Gasteiger partial charge in [-0.05, 0) is 56.5 Å². The smallest absolute Gasteiger partial charge is 0.338 e. The molecule has 2 aromatic carbocycles. The SMILES string of the molecule is COc1ccc(C(=O)O[C@@H](C)C(=O)Nc2ccccc2C)cc1S(=O)(=O)N1CCCC1. The van der Waals surface area contributed by atoms with Gasteiger partial charge < -0.3 is 14.8 Å². The maximum atomic E-state index is 13.0. The number of amides is 1. The van der Waals surface area contributed by atoms with E-state index >= 15 is 0 Å². The highest BCUT2D eigenvalue weighted by molar-refractivity contribution is 7.89. The third kappa shape index (κ3) is 5.05. The molecule has 0 aliphatic carbocycles. The topological polar surface area (TPSA) is 102 Å². The molecule has 0 saturated carbocycles. The Balaban J connectivity index is 1.77. The summed E-state index contributed by atoms with van der Waals surface area (Å²) in [5, 5.41) is 2.72. The van der Waals surface area contributed by atoms with Gasteiger partial charge in [0.05, 0.1) is 12.7 Å². The van der Waals surface area contributed by atoms with Gasteiger partial charge in [-0.1, -0.05) is 18.2 Å². The summed E-state index contributed by atoms with van der Waals surface area (Å²) in [5.41, 5.74) is 1.52. The second kappa shape index (κ2) is 9.49. The van der Waals surface area contributed by atoms with E-state index in [0.717, 1.165) is 18.4 Å². The number of methoxy groups -OCH3 is 1. The first-order valence-electron chi connectivity index (χ1n) is 9.99. The van der Waals surface area contributed by atoms with Crippen LogP contribution in [-0.4, -0.2) is 50.9 Å². The van der Waals surface area contributed by atoms with Crippen molar-refractivity contribution in [3.63, 3.8) is 0 Å². The van der Waals surface area contributed by atoms with Crippen LogP contribution in [0.1, 0.15) is 35.7 Å². The average Bonchev–Trinajstić information content (AvgIpc) is 3.30. The Kier molecular flexibility index (Phi) is 6.97. The highest BCUT2D eigenvalue weighted by Gasteiger charge is 2.31. The number of nitrogens with zero attached hydrogens (tertiary/aromatic N) is 1. The van der Waals surface area contributed by atoms with Crippen molar-refractivity contribution in [3.05, 3.63) is 53.6 Å². The number of para-hydroxylation sites is 1. The van der Waals surface area contributed by atoms with Crippen LogP contribution in [0.4, 0.5) is 5.69 Å². The zero-order chi connectivity index (χ0) is 22.6. The van der Waals surface area contributed by atoms with E-state index in [1.54, 1.807) is 12.1 Å². The third-order valence-electron chi connectivity index (χ3n) is 5.14. The van der Waals surface area contributed by atoms with Crippen LogP contribution in [0.25, 0.3) is 0 Å². The fourth-order valence-corrected chi connectivity index (χ4v) is 5.00. The van der Waals surface area contributed by atoms with Crippen molar-refractivity contribution in [2.24, 2.45) is 0 Å². The van der Waals surface area contributed by atoms with Crippen LogP contribution >= 0.6 is 0 Å². The van der Waals surface area contributed by atoms with Crippen LogP contribution in [-0.2, 0) is 19.6 Å². The molecular weight excluding hydrogens is 420 g/mol. The minimum absolute atomic E-state index is 0.0223. The van der Waals surface area contributed by atoms with Gasteiger partial charge in [0.25, 0.3) is 5.91 Å². The van der Waals surface area contributed by atoms with Crippen molar-refractivity contribution in [1.29, 1.82) is 0 Å². The summed E-state index contributed by atoms with van der Waals surface area (Å²) in [4.78, 5) is 25.0. The molecule has 8 nitrogen and oxygen atoms in total. The van der Waals surface area contributed by atoms with Gasteiger partial charge in [-0.2, -0.15) is 4.31 Å². The zero-order valence-corrected chi connectivity index (χ0v) is 18.6. The molecule has 1 amide bonds. The van der Waals surface area contributed by atoms with Crippen LogP contribution in [0.2, 0.25) is 0 Å². The van der Waals surface area contributed by atoms with E-state index in [4.69, 9.17) is 9.47 Å². The lowest BCUT2D eigenvalue weighted by Gasteiger charge is -2.19. The Labute approximate surface area is 182 Å². The van der Waals surface area contributed by atoms with E-state index in [2.05, 4.69) is 5.32 Å². The Hall–Kier alpha value is -2.91. The molecule has 9 heteroatoms. The molecule has 1 atom stereocenters. The average molecular weight is 447 g/mol. The Morgan fingerprint density at radius 1 is 1.10 bits per heavy atom. The van der Waals surface area contributed by atoms with Crippen LogP contribution < -0.4 is 10.1 Å². The van der Waals surface area contributed by atoms with Crippen LogP contribution in [0.3, 0.4) is 0 Å². The fourth-order valence-electron chi connectivity index (χ4n) is 3.30. The van der Waals surface area contributed by atoms with E-state index in [1.807, 2.05) is 19.1 Å². The lowest BCUT2D eigenvalue weighted by molar-refractivity contribution is -0.123. The van der Waals surface area contributed by atoms with Crippen molar-refractivity contribution in [2.75, 3.05) is 25.5 Å². The minimum atomic E-state index is -3.81. The number of sulfonamides is 1. The number of hydrogen-bond acceptors (Lipinski definition) is 6. The molecule has 1 saturated heterocycles. The van der Waals surface area contributed by atoms with Crippen LogP contribution in [0.5, 0.6) is 5.75 Å². The summed E-state index contributed by atoms with van der Waals surface area (Å²) < 4.78 is 37.8. The molecule has 1 aliphatic rings. The second-order valence-corrected chi connectivity index (χ2v) is 9.23. The molecule has 0 spiro atoms. The number of ether oxygens (including phenoxy) is 2. The molecule has 0 radical (unpaired) electrons. The lowest BCUT2D eigenvalue weighted by atomic mass is 10.2. The number of esters is 1. The van der Waals surface area contributed by atoms with Gasteiger partial charge in [-0.3, -0.25) is 4.79 Å². The predicted octanol–water partition coefficient (Wildman–Crippen LogP) is 2.97. The Bertz CT molecular complexity index is 1080. The molecule has 0 aromatic heterocycles. The van der Waals surface area contributed by atoms with E-state index in [9.17, 15) is 18.0 Å². The molecule has 166 valence electrons. The molecule has 1 N–H and O–H groups in total. The van der Waals surface area contributed by atoms with Gasteiger partial charge in [0.15, 0.2) is 6.10 Å². The van der Waals surface area contributed by atoms with Crippen molar-refractivity contribution < 1.29 is 27.5 Å². The highest BCUT2D eigenvalue weighted by atomic mass is 32.2. The van der Waals surface area contributed by atoms with Crippen LogP contribution in [0, 0.1) is 6.92 Å². The van der Waals surface area contributed by atoms with Gasteiger partial charge in [-0.15, -0.1) is 0 Å². The summed E-state index contributed by atoms with van der Waals surface area (Å²) in [6.45, 7) is 4.16. The number of aryl methyl sites for hydroxylation is 1. The number of hydrogen-bond donors (Lipinski definition) is 1. The number of rotatable bonds is 7. The maximum absolute atomic E-state index is 13.0. The molecule has 0 bridgehead atoms. The van der Waals surface area contributed by atoms with Gasteiger partial charge in [0.2, 0.25) is 10.0 Å². The molecule has 1 heterocycles. The molecule has 0 unspecified atom stereocenters. The number of nitrogens with one attached hydrogen (secondary N) is 1. The molecular formula is C22H26N2O6S. The zero-order valence-electron chi connectivity index (χ0n) is 17.8.